The maximum Gasteiger partial charge on any atom is 0.410 e. The van der Waals surface area contributed by atoms with Crippen molar-refractivity contribution in [3.05, 3.63) is 35.9 Å². The summed E-state index contributed by atoms with van der Waals surface area (Å²) in [5, 5.41) is 9.88. The average molecular weight is 531 g/mol. The number of amides is 2. The topological polar surface area (TPSA) is 123 Å². The monoisotopic (exact) mass is 530 g/mol. The molecule has 1 aliphatic heterocycles. The second kappa shape index (κ2) is 12.3. The van der Waals surface area contributed by atoms with Crippen LogP contribution in [0.3, 0.4) is 0 Å². The van der Waals surface area contributed by atoms with E-state index in [9.17, 15) is 24.3 Å². The predicted octanol–water partition coefficient (Wildman–Crippen LogP) is 5.20. The molecule has 1 saturated heterocycles. The van der Waals surface area contributed by atoms with Gasteiger partial charge in [-0.15, -0.1) is 0 Å². The van der Waals surface area contributed by atoms with Crippen molar-refractivity contribution in [3.63, 3.8) is 0 Å². The number of halogens is 2. The van der Waals surface area contributed by atoms with Crippen LogP contribution in [0.5, 0.6) is 0 Å². The van der Waals surface area contributed by atoms with Gasteiger partial charge in [0.05, 0.1) is 6.04 Å². The minimum absolute atomic E-state index is 0.0223. The highest BCUT2D eigenvalue weighted by Gasteiger charge is 2.50. The van der Waals surface area contributed by atoms with Crippen molar-refractivity contribution in [3.8, 4) is 0 Å². The molecule has 1 N–H and O–H groups in total. The molecule has 2 fully saturated rings. The molecule has 1 aliphatic carbocycles. The van der Waals surface area contributed by atoms with Gasteiger partial charge in [-0.1, -0.05) is 30.3 Å². The van der Waals surface area contributed by atoms with E-state index in [1.807, 2.05) is 30.3 Å². The van der Waals surface area contributed by atoms with Crippen molar-refractivity contribution in [2.45, 2.75) is 62.9 Å². The Kier molecular flexibility index (Phi) is 9.45. The van der Waals surface area contributed by atoms with Crippen molar-refractivity contribution in [1.82, 2.24) is 9.80 Å². The molecule has 192 valence electrons. The van der Waals surface area contributed by atoms with Gasteiger partial charge >= 0.3 is 23.0 Å². The lowest BCUT2D eigenvalue weighted by molar-refractivity contribution is -0.0845. The molecule has 0 spiro atoms. The first-order chi connectivity index (χ1) is 16.7. The van der Waals surface area contributed by atoms with E-state index in [4.69, 9.17) is 37.4 Å². The second-order valence-electron chi connectivity index (χ2n) is 8.64. The van der Waals surface area contributed by atoms with Crippen LogP contribution >= 0.6 is 23.2 Å². The summed E-state index contributed by atoms with van der Waals surface area (Å²) in [4.78, 5) is 50.6. The summed E-state index contributed by atoms with van der Waals surface area (Å²) in [7, 11) is 0. The van der Waals surface area contributed by atoms with Crippen molar-refractivity contribution in [2.75, 3.05) is 19.6 Å². The number of carboxylic acid groups (broad SMARTS) is 1. The Balaban J connectivity index is 1.77. The van der Waals surface area contributed by atoms with Crippen LogP contribution in [0.15, 0.2) is 30.3 Å². The minimum atomic E-state index is -1.26. The first kappa shape index (κ1) is 26.9. The van der Waals surface area contributed by atoms with Gasteiger partial charge in [-0.3, -0.25) is 4.90 Å². The van der Waals surface area contributed by atoms with E-state index < -0.39 is 34.7 Å². The number of hydrogen-bond donors (Lipinski definition) is 1. The zero-order valence-corrected chi connectivity index (χ0v) is 20.6. The third-order valence-corrected chi connectivity index (χ3v) is 6.66. The van der Waals surface area contributed by atoms with Gasteiger partial charge < -0.3 is 24.2 Å². The van der Waals surface area contributed by atoms with E-state index in [2.05, 4.69) is 0 Å². The number of rotatable bonds is 5. The normalized spacial score (nSPS) is 25.1. The molecule has 1 aromatic rings. The van der Waals surface area contributed by atoms with E-state index in [-0.39, 0.29) is 45.2 Å². The van der Waals surface area contributed by atoms with Crippen LogP contribution in [0, 0.1) is 0 Å². The molecule has 1 heterocycles. The molecule has 0 radical (unpaired) electrons. The number of nitrogens with zero attached hydrogens (tertiary/aromatic N) is 2. The Hall–Kier alpha value is -2.72. The molecule has 10 nitrogen and oxygen atoms in total. The first-order valence-electron chi connectivity index (χ1n) is 11.4. The molecular weight excluding hydrogens is 503 g/mol. The summed E-state index contributed by atoms with van der Waals surface area (Å²) in [5.74, 6) is 0. The van der Waals surface area contributed by atoms with Crippen LogP contribution in [-0.2, 0) is 20.8 Å². The lowest BCUT2D eigenvalue weighted by atomic mass is 9.79. The van der Waals surface area contributed by atoms with Crippen LogP contribution in [0.25, 0.3) is 0 Å². The van der Waals surface area contributed by atoms with Gasteiger partial charge in [0.2, 0.25) is 0 Å². The molecular formula is C23H28Cl2N2O8. The van der Waals surface area contributed by atoms with Crippen LogP contribution < -0.4 is 0 Å². The lowest BCUT2D eigenvalue weighted by Crippen LogP contribution is -2.66. The summed E-state index contributed by atoms with van der Waals surface area (Å²) in [6.45, 7) is 0.208. The van der Waals surface area contributed by atoms with Gasteiger partial charge in [-0.2, -0.15) is 0 Å². The van der Waals surface area contributed by atoms with Crippen LogP contribution in [-0.4, -0.2) is 75.3 Å². The van der Waals surface area contributed by atoms with Gasteiger partial charge in [-0.25, -0.2) is 19.2 Å². The standard InChI is InChI=1S/C23H28Cl2N2O8/c24-19(28)34-17-8-4-10-23(11-5-9-17,35-20(25)29)18-14-26(12-13-27(18)21(30)31)22(32)33-15-16-6-2-1-3-7-16/h1-3,6-7,17-18H,4-5,8-15H2,(H,30,31)/t17-,18-,23+/m1/s1. The van der Waals surface area contributed by atoms with Crippen LogP contribution in [0.1, 0.15) is 44.1 Å². The molecule has 1 aromatic carbocycles. The van der Waals surface area contributed by atoms with E-state index in [0.29, 0.717) is 25.7 Å². The minimum Gasteiger partial charge on any atom is -0.465 e. The first-order valence-corrected chi connectivity index (χ1v) is 12.2. The fourth-order valence-electron chi connectivity index (χ4n) is 4.88. The van der Waals surface area contributed by atoms with Gasteiger partial charge in [0, 0.05) is 42.8 Å². The largest absolute Gasteiger partial charge is 0.465 e. The molecule has 3 rings (SSSR count). The van der Waals surface area contributed by atoms with Crippen molar-refractivity contribution in [1.29, 1.82) is 0 Å². The third-order valence-electron chi connectivity index (χ3n) is 6.49. The smallest absolute Gasteiger partial charge is 0.410 e. The summed E-state index contributed by atoms with van der Waals surface area (Å²) in [6.07, 6.45) is 0.223. The Morgan fingerprint density at radius 3 is 2.23 bits per heavy atom. The number of piperazine rings is 1. The molecule has 12 heteroatoms. The van der Waals surface area contributed by atoms with Crippen molar-refractivity contribution >= 4 is 46.2 Å². The van der Waals surface area contributed by atoms with Crippen LogP contribution in [0.4, 0.5) is 19.2 Å². The molecule has 2 aliphatic rings. The zero-order chi connectivity index (χ0) is 25.4. The van der Waals surface area contributed by atoms with Gasteiger partial charge in [0.25, 0.3) is 0 Å². The Labute approximate surface area is 213 Å². The number of carbonyl (C=O) groups excluding carboxylic acids is 3. The molecule has 1 atom stereocenters. The number of benzene rings is 1. The predicted molar refractivity (Wildman–Crippen MR) is 126 cm³/mol. The second-order valence-corrected chi connectivity index (χ2v) is 9.26. The average Bonchev–Trinajstić information content (AvgIpc) is 2.80. The summed E-state index contributed by atoms with van der Waals surface area (Å²) in [6, 6.07) is 8.33. The highest BCUT2D eigenvalue weighted by molar-refractivity contribution is 6.61. The van der Waals surface area contributed by atoms with Gasteiger partial charge in [0.15, 0.2) is 0 Å². The fraction of sp³-hybridized carbons (Fsp3) is 0.565. The molecule has 1 saturated carbocycles. The van der Waals surface area contributed by atoms with Crippen molar-refractivity contribution in [2.24, 2.45) is 0 Å². The number of carbonyl (C=O) groups is 4. The van der Waals surface area contributed by atoms with E-state index >= 15 is 0 Å². The summed E-state index contributed by atoms with van der Waals surface area (Å²) < 4.78 is 16.2. The van der Waals surface area contributed by atoms with Crippen LogP contribution in [0.2, 0.25) is 0 Å². The van der Waals surface area contributed by atoms with Gasteiger partial charge in [0.1, 0.15) is 18.3 Å². The Morgan fingerprint density at radius 1 is 1.00 bits per heavy atom. The van der Waals surface area contributed by atoms with Crippen molar-refractivity contribution < 1.29 is 38.5 Å². The highest BCUT2D eigenvalue weighted by atomic mass is 35.5. The quantitative estimate of drug-likeness (QED) is 0.406. The molecule has 2 amide bonds. The number of ether oxygens (including phenoxy) is 3. The fourth-order valence-corrected chi connectivity index (χ4v) is 5.16. The Bertz CT molecular complexity index is 906. The number of hydrogen-bond acceptors (Lipinski definition) is 7. The third kappa shape index (κ3) is 7.38. The SMILES string of the molecule is O=C(Cl)O[C@H]1CCC[C@](OC(=O)Cl)([C@H]2CN(C(=O)OCc3ccccc3)CCN2C(=O)O)CCC1. The van der Waals surface area contributed by atoms with E-state index in [0.717, 1.165) is 5.56 Å². The van der Waals surface area contributed by atoms with E-state index in [1.165, 1.54) is 9.80 Å². The molecule has 0 bridgehead atoms. The summed E-state index contributed by atoms with van der Waals surface area (Å²) in [5.41, 5.74) is -2.38. The zero-order valence-electron chi connectivity index (χ0n) is 19.1. The maximum absolute atomic E-state index is 12.8. The molecule has 0 unspecified atom stereocenters. The highest BCUT2D eigenvalue weighted by Crippen LogP contribution is 2.38. The van der Waals surface area contributed by atoms with E-state index in [1.54, 1.807) is 0 Å². The molecule has 35 heavy (non-hydrogen) atoms. The Morgan fingerprint density at radius 2 is 1.66 bits per heavy atom. The maximum atomic E-state index is 12.8. The summed E-state index contributed by atoms with van der Waals surface area (Å²) >= 11 is 11.0. The van der Waals surface area contributed by atoms with Gasteiger partial charge in [-0.05, 0) is 44.1 Å². The lowest BCUT2D eigenvalue weighted by Gasteiger charge is -2.49. The molecule has 0 aromatic heterocycles.